The first-order valence-corrected chi connectivity index (χ1v) is 10.9. The molecule has 0 radical (unpaired) electrons. The Balaban J connectivity index is 2.07. The fourth-order valence-electron chi connectivity index (χ4n) is 3.07. The van der Waals surface area contributed by atoms with Crippen molar-refractivity contribution in [1.29, 1.82) is 0 Å². The third-order valence-electron chi connectivity index (χ3n) is 4.57. The summed E-state index contributed by atoms with van der Waals surface area (Å²) in [6, 6.07) is 11.0. The first-order chi connectivity index (χ1) is 13.6. The van der Waals surface area contributed by atoms with Crippen molar-refractivity contribution in [1.82, 2.24) is 20.5 Å². The Morgan fingerprint density at radius 2 is 1.82 bits per heavy atom. The highest BCUT2D eigenvalue weighted by Crippen LogP contribution is 2.20. The Morgan fingerprint density at radius 3 is 2.39 bits per heavy atom. The van der Waals surface area contributed by atoms with Crippen LogP contribution in [0, 0.1) is 0 Å². The smallest absolute Gasteiger partial charge is 0.191 e. The second kappa shape index (κ2) is 11.7. The molecule has 0 amide bonds. The van der Waals surface area contributed by atoms with Crippen molar-refractivity contribution in [2.45, 2.75) is 33.4 Å². The molecule has 6 nitrogen and oxygen atoms in total. The van der Waals surface area contributed by atoms with Crippen molar-refractivity contribution >= 4 is 22.4 Å². The van der Waals surface area contributed by atoms with Crippen LogP contribution in [-0.4, -0.2) is 56.1 Å². The molecule has 0 spiro atoms. The molecule has 0 saturated carbocycles. The molecule has 2 rings (SSSR count). The van der Waals surface area contributed by atoms with Crippen molar-refractivity contribution in [3.05, 3.63) is 47.0 Å². The first-order valence-electron chi connectivity index (χ1n) is 10.0. The van der Waals surface area contributed by atoms with Crippen molar-refractivity contribution < 1.29 is 0 Å². The van der Waals surface area contributed by atoms with Gasteiger partial charge in [-0.15, -0.1) is 11.3 Å². The molecule has 0 fully saturated rings. The topological polar surface area (TPSA) is 55.8 Å². The van der Waals surface area contributed by atoms with Gasteiger partial charge in [0.25, 0.3) is 0 Å². The number of rotatable bonds is 10. The van der Waals surface area contributed by atoms with Gasteiger partial charge in [-0.3, -0.25) is 4.90 Å². The molecule has 1 atom stereocenters. The van der Waals surface area contributed by atoms with Crippen molar-refractivity contribution in [2.24, 2.45) is 4.99 Å². The number of nitrogens with one attached hydrogen (secondary N) is 2. The van der Waals surface area contributed by atoms with E-state index in [4.69, 9.17) is 4.99 Å². The van der Waals surface area contributed by atoms with Crippen LogP contribution in [0.1, 0.15) is 38.1 Å². The van der Waals surface area contributed by atoms with Gasteiger partial charge < -0.3 is 15.5 Å². The Hall–Kier alpha value is -2.12. The Morgan fingerprint density at radius 1 is 1.11 bits per heavy atom. The van der Waals surface area contributed by atoms with E-state index in [1.165, 1.54) is 5.56 Å². The van der Waals surface area contributed by atoms with E-state index in [0.717, 1.165) is 43.0 Å². The van der Waals surface area contributed by atoms with Crippen molar-refractivity contribution in [2.75, 3.05) is 45.2 Å². The fourth-order valence-corrected chi connectivity index (χ4v) is 3.82. The minimum Gasteiger partial charge on any atom is -0.357 e. The lowest BCUT2D eigenvalue weighted by Gasteiger charge is -2.30. The summed E-state index contributed by atoms with van der Waals surface area (Å²) in [6.45, 7) is 10.7. The minimum absolute atomic E-state index is 0.305. The van der Waals surface area contributed by atoms with Crippen LogP contribution in [0.5, 0.6) is 0 Å². The predicted molar refractivity (Wildman–Crippen MR) is 121 cm³/mol. The number of anilines is 1. The van der Waals surface area contributed by atoms with E-state index >= 15 is 0 Å². The van der Waals surface area contributed by atoms with Crippen LogP contribution >= 0.6 is 11.3 Å². The minimum atomic E-state index is 0.305. The predicted octanol–water partition coefficient (Wildman–Crippen LogP) is 3.35. The van der Waals surface area contributed by atoms with Gasteiger partial charge in [-0.05, 0) is 25.6 Å². The number of aromatic nitrogens is 1. The standard InChI is InChI=1S/C21H34N6S/c1-6-22-20(23-14-18-16-28-21(25-18)26(4)5)24-15-19(27(7-2)8-3)17-12-10-9-11-13-17/h9-13,16,19H,6-8,14-15H2,1-5H3,(H2,22,23,24). The zero-order chi connectivity index (χ0) is 20.4. The number of guanidine groups is 1. The third-order valence-corrected chi connectivity index (χ3v) is 5.62. The van der Waals surface area contributed by atoms with Gasteiger partial charge >= 0.3 is 0 Å². The lowest BCUT2D eigenvalue weighted by Crippen LogP contribution is -2.43. The largest absolute Gasteiger partial charge is 0.357 e. The Bertz CT molecular complexity index is 709. The van der Waals surface area contributed by atoms with E-state index < -0.39 is 0 Å². The summed E-state index contributed by atoms with van der Waals surface area (Å²) < 4.78 is 0. The van der Waals surface area contributed by atoms with E-state index in [1.807, 2.05) is 19.0 Å². The Kier molecular flexibility index (Phi) is 9.23. The zero-order valence-corrected chi connectivity index (χ0v) is 18.6. The van der Waals surface area contributed by atoms with Crippen LogP contribution in [-0.2, 0) is 6.54 Å². The average molecular weight is 403 g/mol. The number of hydrogen-bond donors (Lipinski definition) is 2. The normalized spacial score (nSPS) is 12.9. The summed E-state index contributed by atoms with van der Waals surface area (Å²) in [5.74, 6) is 0.829. The highest BCUT2D eigenvalue weighted by atomic mass is 32.1. The summed E-state index contributed by atoms with van der Waals surface area (Å²) in [6.07, 6.45) is 0. The first kappa shape index (κ1) is 22.2. The van der Waals surface area contributed by atoms with E-state index in [0.29, 0.717) is 12.6 Å². The number of benzene rings is 1. The molecule has 7 heteroatoms. The number of likely N-dealkylation sites (N-methyl/N-ethyl adjacent to an activating group) is 1. The molecular weight excluding hydrogens is 368 g/mol. The van der Waals surface area contributed by atoms with Gasteiger partial charge in [0.15, 0.2) is 11.1 Å². The van der Waals surface area contributed by atoms with Crippen LogP contribution < -0.4 is 15.5 Å². The molecule has 1 unspecified atom stereocenters. The fraction of sp³-hybridized carbons (Fsp3) is 0.524. The maximum atomic E-state index is 4.73. The monoisotopic (exact) mass is 402 g/mol. The molecule has 28 heavy (non-hydrogen) atoms. The van der Waals surface area contributed by atoms with Crippen LogP contribution in [0.25, 0.3) is 0 Å². The maximum Gasteiger partial charge on any atom is 0.191 e. The van der Waals surface area contributed by atoms with E-state index in [-0.39, 0.29) is 0 Å². The van der Waals surface area contributed by atoms with Crippen LogP contribution in [0.2, 0.25) is 0 Å². The van der Waals surface area contributed by atoms with Gasteiger partial charge in [-0.1, -0.05) is 44.2 Å². The molecule has 154 valence electrons. The molecule has 1 aromatic carbocycles. The van der Waals surface area contributed by atoms with Gasteiger partial charge in [0.05, 0.1) is 18.3 Å². The molecule has 1 aromatic heterocycles. The average Bonchev–Trinajstić information content (AvgIpc) is 3.19. The van der Waals surface area contributed by atoms with Gasteiger partial charge in [-0.25, -0.2) is 9.98 Å². The molecule has 2 aromatic rings. The summed E-state index contributed by atoms with van der Waals surface area (Å²) in [5.41, 5.74) is 2.32. The van der Waals surface area contributed by atoms with Crippen molar-refractivity contribution in [3.8, 4) is 0 Å². The molecule has 0 bridgehead atoms. The van der Waals surface area contributed by atoms with Crippen LogP contribution in [0.15, 0.2) is 40.7 Å². The second-order valence-electron chi connectivity index (χ2n) is 6.74. The number of nitrogens with zero attached hydrogens (tertiary/aromatic N) is 4. The van der Waals surface area contributed by atoms with Gasteiger partial charge in [0.2, 0.25) is 0 Å². The van der Waals surface area contributed by atoms with Gasteiger partial charge in [0.1, 0.15) is 0 Å². The molecule has 0 aliphatic carbocycles. The molecule has 0 aliphatic rings. The van der Waals surface area contributed by atoms with Crippen LogP contribution in [0.4, 0.5) is 5.13 Å². The highest BCUT2D eigenvalue weighted by molar-refractivity contribution is 7.13. The number of hydrogen-bond acceptors (Lipinski definition) is 5. The maximum absolute atomic E-state index is 4.73. The molecule has 2 N–H and O–H groups in total. The third kappa shape index (κ3) is 6.49. The van der Waals surface area contributed by atoms with E-state index in [2.05, 4.69) is 77.0 Å². The van der Waals surface area contributed by atoms with Crippen LogP contribution in [0.3, 0.4) is 0 Å². The van der Waals surface area contributed by atoms with E-state index in [1.54, 1.807) is 11.3 Å². The quantitative estimate of drug-likeness (QED) is 0.471. The summed E-state index contributed by atoms with van der Waals surface area (Å²) >= 11 is 1.65. The van der Waals surface area contributed by atoms with Crippen molar-refractivity contribution in [3.63, 3.8) is 0 Å². The highest BCUT2D eigenvalue weighted by Gasteiger charge is 2.18. The van der Waals surface area contributed by atoms with Gasteiger partial charge in [-0.2, -0.15) is 0 Å². The lowest BCUT2D eigenvalue weighted by atomic mass is 10.1. The Labute approximate surface area is 173 Å². The molecule has 0 aliphatic heterocycles. The second-order valence-corrected chi connectivity index (χ2v) is 7.58. The van der Waals surface area contributed by atoms with Gasteiger partial charge in [0, 0.05) is 32.6 Å². The SMILES string of the molecule is CCNC(=NCc1csc(N(C)C)n1)NCC(c1ccccc1)N(CC)CC. The lowest BCUT2D eigenvalue weighted by molar-refractivity contribution is 0.219. The summed E-state index contributed by atoms with van der Waals surface area (Å²) in [7, 11) is 4.02. The number of thiazole rings is 1. The molecular formula is C21H34N6S. The van der Waals surface area contributed by atoms with E-state index in [9.17, 15) is 0 Å². The molecule has 0 saturated heterocycles. The zero-order valence-electron chi connectivity index (χ0n) is 17.8. The molecule has 1 heterocycles. The summed E-state index contributed by atoms with van der Waals surface area (Å²) in [5, 5.41) is 9.96. The number of aliphatic imine (C=N–C) groups is 1. The summed E-state index contributed by atoms with van der Waals surface area (Å²) in [4.78, 5) is 13.8.